The van der Waals surface area contributed by atoms with Gasteiger partial charge in [-0.3, -0.25) is 4.79 Å². The molecule has 30 heavy (non-hydrogen) atoms. The van der Waals surface area contributed by atoms with Crippen LogP contribution >= 0.6 is 0 Å². The molecular weight excluding hydrogens is 390 g/mol. The van der Waals surface area contributed by atoms with Crippen molar-refractivity contribution in [1.29, 1.82) is 0 Å². The molecule has 2 aliphatic rings. The van der Waals surface area contributed by atoms with Gasteiger partial charge in [-0.05, 0) is 23.8 Å². The highest BCUT2D eigenvalue weighted by Gasteiger charge is 2.43. The maximum Gasteiger partial charge on any atom is 0.226 e. The van der Waals surface area contributed by atoms with E-state index in [1.807, 2.05) is 30.3 Å². The summed E-state index contributed by atoms with van der Waals surface area (Å²) in [4.78, 5) is 17.5. The van der Waals surface area contributed by atoms with Gasteiger partial charge in [0, 0.05) is 29.7 Å². The molecule has 1 aliphatic heterocycles. The van der Waals surface area contributed by atoms with Crippen LogP contribution in [-0.2, 0) is 4.79 Å². The fourth-order valence-corrected chi connectivity index (χ4v) is 4.43. The molecule has 1 aliphatic carbocycles. The number of hydrogen-bond acceptors (Lipinski definition) is 5. The number of fused-ring (bicyclic) bond motifs is 2. The normalized spacial score (nSPS) is 22.6. The second-order valence-electron chi connectivity index (χ2n) is 7.42. The van der Waals surface area contributed by atoms with Crippen LogP contribution in [0.4, 0.5) is 14.7 Å². The standard InChI is InChI=1S/C22H18F2N4O2/c1-30-19-5-3-2-4-16(19)12-8-17-20(18(29)9-12)21(28-22(27-17)25-11-26-28)13-6-14(23)10-15(24)7-13/h2-8,10-12,20-21H,9H2,1H3,(H,25,26,27)/t12-,20-,21+/m0/s1. The molecule has 0 amide bonds. The second kappa shape index (κ2) is 7.05. The lowest BCUT2D eigenvalue weighted by Crippen LogP contribution is -2.40. The number of aromatic nitrogens is 3. The quantitative estimate of drug-likeness (QED) is 0.713. The van der Waals surface area contributed by atoms with Gasteiger partial charge < -0.3 is 10.1 Å². The lowest BCUT2D eigenvalue weighted by Gasteiger charge is -2.38. The topological polar surface area (TPSA) is 69.0 Å². The van der Waals surface area contributed by atoms with E-state index in [0.717, 1.165) is 11.6 Å². The summed E-state index contributed by atoms with van der Waals surface area (Å²) in [6.45, 7) is 0. The molecule has 2 heterocycles. The van der Waals surface area contributed by atoms with Gasteiger partial charge in [-0.25, -0.2) is 13.5 Å². The van der Waals surface area contributed by atoms with Crippen LogP contribution in [0.3, 0.4) is 0 Å². The number of halogens is 2. The number of nitrogens with zero attached hydrogens (tertiary/aromatic N) is 3. The minimum Gasteiger partial charge on any atom is -0.496 e. The number of para-hydroxylation sites is 1. The Morgan fingerprint density at radius 1 is 1.17 bits per heavy atom. The van der Waals surface area contributed by atoms with E-state index in [9.17, 15) is 13.6 Å². The number of methoxy groups -OCH3 is 1. The summed E-state index contributed by atoms with van der Waals surface area (Å²) in [5.41, 5.74) is 1.89. The molecule has 0 unspecified atom stereocenters. The SMILES string of the molecule is COc1ccccc1[C@H]1C=C2Nc3ncnn3[C@H](c3cc(F)cc(F)c3)[C@@H]2C(=O)C1. The predicted octanol–water partition coefficient (Wildman–Crippen LogP) is 3.84. The van der Waals surface area contributed by atoms with E-state index in [1.54, 1.807) is 7.11 Å². The summed E-state index contributed by atoms with van der Waals surface area (Å²) in [6, 6.07) is 10.2. The van der Waals surface area contributed by atoms with Crippen molar-refractivity contribution in [3.63, 3.8) is 0 Å². The molecule has 6 nitrogen and oxygen atoms in total. The monoisotopic (exact) mass is 408 g/mol. The molecule has 2 aromatic carbocycles. The molecule has 152 valence electrons. The minimum absolute atomic E-state index is 0.0493. The van der Waals surface area contributed by atoms with E-state index in [-0.39, 0.29) is 18.1 Å². The van der Waals surface area contributed by atoms with Crippen LogP contribution < -0.4 is 10.1 Å². The molecule has 8 heteroatoms. The summed E-state index contributed by atoms with van der Waals surface area (Å²) in [5, 5.41) is 7.38. The van der Waals surface area contributed by atoms with Crippen LogP contribution in [0, 0.1) is 17.6 Å². The Bertz CT molecular complexity index is 1150. The molecule has 0 saturated heterocycles. The first-order chi connectivity index (χ1) is 14.5. The van der Waals surface area contributed by atoms with Gasteiger partial charge >= 0.3 is 0 Å². The number of ether oxygens (including phenoxy) is 1. The maximum atomic E-state index is 14.0. The Hall–Kier alpha value is -3.55. The van der Waals surface area contributed by atoms with E-state index in [2.05, 4.69) is 15.4 Å². The molecule has 1 N–H and O–H groups in total. The fraction of sp³-hybridized carbons (Fsp3) is 0.227. The molecular formula is C22H18F2N4O2. The van der Waals surface area contributed by atoms with Crippen molar-refractivity contribution in [2.45, 2.75) is 18.4 Å². The van der Waals surface area contributed by atoms with Crippen LogP contribution in [0.25, 0.3) is 0 Å². The number of anilines is 1. The van der Waals surface area contributed by atoms with E-state index in [1.165, 1.54) is 23.1 Å². The zero-order chi connectivity index (χ0) is 20.8. The lowest BCUT2D eigenvalue weighted by molar-refractivity contribution is -0.123. The van der Waals surface area contributed by atoms with Gasteiger partial charge in [0.2, 0.25) is 5.95 Å². The number of carbonyl (C=O) groups excluding carboxylic acids is 1. The van der Waals surface area contributed by atoms with Gasteiger partial charge in [-0.1, -0.05) is 24.3 Å². The van der Waals surface area contributed by atoms with Gasteiger partial charge in [0.15, 0.2) is 0 Å². The first-order valence-corrected chi connectivity index (χ1v) is 9.55. The summed E-state index contributed by atoms with van der Waals surface area (Å²) in [5.74, 6) is -1.17. The number of Topliss-reactive ketones (excluding diaryl/α,β-unsaturated/α-hetero) is 1. The van der Waals surface area contributed by atoms with Crippen molar-refractivity contribution in [3.05, 3.63) is 83.3 Å². The van der Waals surface area contributed by atoms with Gasteiger partial charge in [0.1, 0.15) is 29.5 Å². The first-order valence-electron chi connectivity index (χ1n) is 9.55. The van der Waals surface area contributed by atoms with Crippen molar-refractivity contribution in [1.82, 2.24) is 14.8 Å². The number of ketones is 1. The smallest absolute Gasteiger partial charge is 0.226 e. The number of carbonyl (C=O) groups is 1. The average Bonchev–Trinajstić information content (AvgIpc) is 3.19. The molecule has 0 spiro atoms. The highest BCUT2D eigenvalue weighted by Crippen LogP contribution is 2.45. The lowest BCUT2D eigenvalue weighted by atomic mass is 9.75. The maximum absolute atomic E-state index is 14.0. The highest BCUT2D eigenvalue weighted by molar-refractivity contribution is 5.89. The largest absolute Gasteiger partial charge is 0.496 e. The third-order valence-corrected chi connectivity index (χ3v) is 5.66. The molecule has 5 rings (SSSR count). The third kappa shape index (κ3) is 2.96. The van der Waals surface area contributed by atoms with Crippen LogP contribution in [0.2, 0.25) is 0 Å². The van der Waals surface area contributed by atoms with Crippen molar-refractivity contribution < 1.29 is 18.3 Å². The Morgan fingerprint density at radius 3 is 2.70 bits per heavy atom. The van der Waals surface area contributed by atoms with Crippen LogP contribution in [-0.4, -0.2) is 27.7 Å². The van der Waals surface area contributed by atoms with Crippen molar-refractivity contribution in [2.75, 3.05) is 12.4 Å². The molecule has 0 radical (unpaired) electrons. The number of hydrogen-bond donors (Lipinski definition) is 1. The minimum atomic E-state index is -0.703. The zero-order valence-corrected chi connectivity index (χ0v) is 16.0. The fourth-order valence-electron chi connectivity index (χ4n) is 4.43. The van der Waals surface area contributed by atoms with Crippen LogP contribution in [0.5, 0.6) is 5.75 Å². The Labute approximate surface area is 171 Å². The van der Waals surface area contributed by atoms with Gasteiger partial charge in [-0.2, -0.15) is 10.1 Å². The molecule has 0 fully saturated rings. The van der Waals surface area contributed by atoms with Crippen LogP contribution in [0.1, 0.15) is 29.5 Å². The number of allylic oxidation sites excluding steroid dienone is 2. The number of rotatable bonds is 3. The summed E-state index contributed by atoms with van der Waals surface area (Å²) in [7, 11) is 1.59. The molecule has 3 aromatic rings. The average molecular weight is 408 g/mol. The zero-order valence-electron chi connectivity index (χ0n) is 16.0. The number of benzene rings is 2. The Kier molecular flexibility index (Phi) is 4.34. The van der Waals surface area contributed by atoms with E-state index in [4.69, 9.17) is 4.74 Å². The summed E-state index contributed by atoms with van der Waals surface area (Å²) < 4.78 is 34.9. The van der Waals surface area contributed by atoms with Crippen molar-refractivity contribution in [3.8, 4) is 5.75 Å². The Balaban J connectivity index is 1.63. The van der Waals surface area contributed by atoms with E-state index >= 15 is 0 Å². The van der Waals surface area contributed by atoms with Gasteiger partial charge in [-0.15, -0.1) is 0 Å². The van der Waals surface area contributed by atoms with E-state index in [0.29, 0.717) is 23.0 Å². The molecule has 0 saturated carbocycles. The van der Waals surface area contributed by atoms with Crippen LogP contribution in [0.15, 0.2) is 60.6 Å². The van der Waals surface area contributed by atoms with E-state index < -0.39 is 23.6 Å². The number of nitrogens with one attached hydrogen (secondary N) is 1. The third-order valence-electron chi connectivity index (χ3n) is 5.66. The molecule has 0 bridgehead atoms. The predicted molar refractivity (Wildman–Crippen MR) is 105 cm³/mol. The first kappa shape index (κ1) is 18.5. The summed E-state index contributed by atoms with van der Waals surface area (Å²) >= 11 is 0. The molecule has 1 aromatic heterocycles. The van der Waals surface area contributed by atoms with Crippen molar-refractivity contribution in [2.24, 2.45) is 5.92 Å². The highest BCUT2D eigenvalue weighted by atomic mass is 19.1. The van der Waals surface area contributed by atoms with Gasteiger partial charge in [0.05, 0.1) is 19.1 Å². The Morgan fingerprint density at radius 2 is 1.93 bits per heavy atom. The molecule has 3 atom stereocenters. The summed E-state index contributed by atoms with van der Waals surface area (Å²) in [6.07, 6.45) is 3.57. The second-order valence-corrected chi connectivity index (χ2v) is 7.42. The van der Waals surface area contributed by atoms with Gasteiger partial charge in [0.25, 0.3) is 0 Å². The van der Waals surface area contributed by atoms with Crippen molar-refractivity contribution >= 4 is 11.7 Å².